The molecule has 136 valence electrons. The van der Waals surface area contributed by atoms with Gasteiger partial charge in [-0.25, -0.2) is 4.79 Å². The van der Waals surface area contributed by atoms with Crippen molar-refractivity contribution in [3.63, 3.8) is 0 Å². The highest BCUT2D eigenvalue weighted by molar-refractivity contribution is 6.32. The van der Waals surface area contributed by atoms with Crippen molar-refractivity contribution in [2.24, 2.45) is 0 Å². The standard InChI is InChI=1S/C17H27ClN2O4/c1-12-5-6-14(18)15(9-12)23-11-13(21)10-19-7-8-20-16(22)24-17(2,3)4/h5-6,9,13,19,21H,7-8,10-11H2,1-4H3,(H,20,22)/t13-/m0/s1. The number of hydrogen-bond acceptors (Lipinski definition) is 5. The first kappa shape index (κ1) is 20.5. The average molecular weight is 359 g/mol. The van der Waals surface area contributed by atoms with Crippen LogP contribution in [0.1, 0.15) is 26.3 Å². The van der Waals surface area contributed by atoms with Gasteiger partial charge >= 0.3 is 6.09 Å². The van der Waals surface area contributed by atoms with Gasteiger partial charge in [0.25, 0.3) is 0 Å². The fourth-order valence-electron chi connectivity index (χ4n) is 1.80. The first-order chi connectivity index (χ1) is 11.2. The monoisotopic (exact) mass is 358 g/mol. The van der Waals surface area contributed by atoms with Crippen LogP contribution < -0.4 is 15.4 Å². The molecule has 6 nitrogen and oxygen atoms in total. The summed E-state index contributed by atoms with van der Waals surface area (Å²) in [6, 6.07) is 5.48. The van der Waals surface area contributed by atoms with Gasteiger partial charge in [-0.15, -0.1) is 0 Å². The molecule has 3 N–H and O–H groups in total. The summed E-state index contributed by atoms with van der Waals surface area (Å²) in [6.07, 6.45) is -1.13. The molecular formula is C17H27ClN2O4. The largest absolute Gasteiger partial charge is 0.489 e. The molecule has 0 saturated heterocycles. The Kier molecular flexibility index (Phi) is 8.31. The van der Waals surface area contributed by atoms with E-state index in [0.29, 0.717) is 30.4 Å². The molecule has 0 aliphatic heterocycles. The van der Waals surface area contributed by atoms with Gasteiger partial charge < -0.3 is 25.2 Å². The number of rotatable bonds is 8. The quantitative estimate of drug-likeness (QED) is 0.622. The Hall–Kier alpha value is -1.50. The summed E-state index contributed by atoms with van der Waals surface area (Å²) in [4.78, 5) is 11.4. The summed E-state index contributed by atoms with van der Waals surface area (Å²) in [5, 5.41) is 16.1. The zero-order valence-electron chi connectivity index (χ0n) is 14.7. The second-order valence-corrected chi connectivity index (χ2v) is 6.94. The maximum atomic E-state index is 11.4. The molecular weight excluding hydrogens is 332 g/mol. The van der Waals surface area contributed by atoms with Crippen molar-refractivity contribution < 1.29 is 19.4 Å². The molecule has 0 bridgehead atoms. The van der Waals surface area contributed by atoms with E-state index in [1.54, 1.807) is 6.07 Å². The minimum absolute atomic E-state index is 0.135. The van der Waals surface area contributed by atoms with Crippen molar-refractivity contribution >= 4 is 17.7 Å². The summed E-state index contributed by atoms with van der Waals surface area (Å²) in [7, 11) is 0. The number of aryl methyl sites for hydroxylation is 1. The molecule has 0 aliphatic carbocycles. The average Bonchev–Trinajstić information content (AvgIpc) is 2.46. The number of alkyl carbamates (subject to hydrolysis) is 1. The van der Waals surface area contributed by atoms with Gasteiger partial charge in [0, 0.05) is 19.6 Å². The Labute approximate surface area is 148 Å². The molecule has 0 spiro atoms. The van der Waals surface area contributed by atoms with Crippen molar-refractivity contribution in [1.82, 2.24) is 10.6 Å². The van der Waals surface area contributed by atoms with Crippen LogP contribution in [0.25, 0.3) is 0 Å². The van der Waals surface area contributed by atoms with E-state index in [2.05, 4.69) is 10.6 Å². The zero-order chi connectivity index (χ0) is 18.2. The zero-order valence-corrected chi connectivity index (χ0v) is 15.4. The highest BCUT2D eigenvalue weighted by Crippen LogP contribution is 2.25. The third kappa shape index (κ3) is 8.96. The Morgan fingerprint density at radius 1 is 1.33 bits per heavy atom. The second kappa shape index (κ2) is 9.71. The second-order valence-electron chi connectivity index (χ2n) is 6.53. The first-order valence-corrected chi connectivity index (χ1v) is 8.30. The van der Waals surface area contributed by atoms with Crippen LogP contribution in [0.2, 0.25) is 5.02 Å². The molecule has 1 amide bonds. The Morgan fingerprint density at radius 3 is 2.71 bits per heavy atom. The van der Waals surface area contributed by atoms with E-state index in [4.69, 9.17) is 21.1 Å². The van der Waals surface area contributed by atoms with Crippen LogP contribution in [0, 0.1) is 6.92 Å². The lowest BCUT2D eigenvalue weighted by Gasteiger charge is -2.19. The molecule has 0 saturated carbocycles. The van der Waals surface area contributed by atoms with Gasteiger partial charge in [0.05, 0.1) is 5.02 Å². The molecule has 0 heterocycles. The SMILES string of the molecule is Cc1ccc(Cl)c(OC[C@@H](O)CNCCNC(=O)OC(C)(C)C)c1. The van der Waals surface area contributed by atoms with Gasteiger partial charge in [0.1, 0.15) is 24.1 Å². The van der Waals surface area contributed by atoms with E-state index in [0.717, 1.165) is 5.56 Å². The van der Waals surface area contributed by atoms with Gasteiger partial charge in [-0.2, -0.15) is 0 Å². The summed E-state index contributed by atoms with van der Waals surface area (Å²) >= 11 is 6.03. The predicted molar refractivity (Wildman–Crippen MR) is 94.8 cm³/mol. The maximum absolute atomic E-state index is 11.4. The fourth-order valence-corrected chi connectivity index (χ4v) is 1.97. The number of hydrogen-bond donors (Lipinski definition) is 3. The molecule has 0 fully saturated rings. The molecule has 1 aromatic rings. The van der Waals surface area contributed by atoms with Gasteiger partial charge in [-0.3, -0.25) is 0 Å². The van der Waals surface area contributed by atoms with E-state index in [9.17, 15) is 9.90 Å². The lowest BCUT2D eigenvalue weighted by molar-refractivity contribution is 0.0527. The molecule has 1 aromatic carbocycles. The van der Waals surface area contributed by atoms with Crippen molar-refractivity contribution in [3.8, 4) is 5.75 Å². The molecule has 1 atom stereocenters. The number of benzene rings is 1. The summed E-state index contributed by atoms with van der Waals surface area (Å²) in [5.74, 6) is 0.558. The van der Waals surface area contributed by atoms with Gasteiger partial charge in [-0.05, 0) is 45.4 Å². The van der Waals surface area contributed by atoms with Gasteiger partial charge in [0.2, 0.25) is 0 Å². The van der Waals surface area contributed by atoms with E-state index >= 15 is 0 Å². The summed E-state index contributed by atoms with van der Waals surface area (Å²) in [5.41, 5.74) is 0.525. The normalized spacial score (nSPS) is 12.6. The minimum atomic E-state index is -0.678. The predicted octanol–water partition coefficient (Wildman–Crippen LogP) is 2.50. The fraction of sp³-hybridized carbons (Fsp3) is 0.588. The number of carbonyl (C=O) groups is 1. The Balaban J connectivity index is 2.15. The van der Waals surface area contributed by atoms with Gasteiger partial charge in [-0.1, -0.05) is 17.7 Å². The molecule has 0 radical (unpaired) electrons. The Bertz CT molecular complexity index is 532. The minimum Gasteiger partial charge on any atom is -0.489 e. The van der Waals surface area contributed by atoms with Gasteiger partial charge in [0.15, 0.2) is 0 Å². The molecule has 0 aromatic heterocycles. The number of nitrogens with one attached hydrogen (secondary N) is 2. The summed E-state index contributed by atoms with van der Waals surface area (Å²) < 4.78 is 10.6. The van der Waals surface area contributed by atoms with Crippen molar-refractivity contribution in [2.45, 2.75) is 39.4 Å². The van der Waals surface area contributed by atoms with Crippen LogP contribution in [0.4, 0.5) is 4.79 Å². The van der Waals surface area contributed by atoms with Crippen LogP contribution in [-0.2, 0) is 4.74 Å². The molecule has 7 heteroatoms. The van der Waals surface area contributed by atoms with E-state index in [-0.39, 0.29) is 6.61 Å². The van der Waals surface area contributed by atoms with Crippen LogP contribution in [0.3, 0.4) is 0 Å². The molecule has 1 rings (SSSR count). The highest BCUT2D eigenvalue weighted by Gasteiger charge is 2.15. The highest BCUT2D eigenvalue weighted by atomic mass is 35.5. The van der Waals surface area contributed by atoms with Crippen LogP contribution >= 0.6 is 11.6 Å². The van der Waals surface area contributed by atoms with E-state index in [1.807, 2.05) is 39.8 Å². The number of aliphatic hydroxyl groups is 1. The molecule has 0 unspecified atom stereocenters. The Morgan fingerprint density at radius 2 is 2.04 bits per heavy atom. The van der Waals surface area contributed by atoms with Crippen LogP contribution in [0.5, 0.6) is 5.75 Å². The maximum Gasteiger partial charge on any atom is 0.407 e. The number of carbonyl (C=O) groups excluding carboxylic acids is 1. The van der Waals surface area contributed by atoms with E-state index in [1.165, 1.54) is 0 Å². The smallest absolute Gasteiger partial charge is 0.407 e. The third-order valence-corrected chi connectivity index (χ3v) is 3.18. The molecule has 0 aliphatic rings. The lowest BCUT2D eigenvalue weighted by Crippen LogP contribution is -2.39. The van der Waals surface area contributed by atoms with Crippen molar-refractivity contribution in [1.29, 1.82) is 0 Å². The number of halogens is 1. The topological polar surface area (TPSA) is 79.8 Å². The third-order valence-electron chi connectivity index (χ3n) is 2.87. The lowest BCUT2D eigenvalue weighted by atomic mass is 10.2. The summed E-state index contributed by atoms with van der Waals surface area (Å²) in [6.45, 7) is 8.77. The van der Waals surface area contributed by atoms with Crippen LogP contribution in [0.15, 0.2) is 18.2 Å². The van der Waals surface area contributed by atoms with E-state index < -0.39 is 17.8 Å². The number of aliphatic hydroxyl groups excluding tert-OH is 1. The molecule has 24 heavy (non-hydrogen) atoms. The van der Waals surface area contributed by atoms with Crippen LogP contribution in [-0.4, -0.2) is 49.1 Å². The first-order valence-electron chi connectivity index (χ1n) is 7.92. The van der Waals surface area contributed by atoms with Crippen molar-refractivity contribution in [3.05, 3.63) is 28.8 Å². The van der Waals surface area contributed by atoms with Crippen molar-refractivity contribution in [2.75, 3.05) is 26.2 Å². The number of ether oxygens (including phenoxy) is 2. The number of amides is 1.